The summed E-state index contributed by atoms with van der Waals surface area (Å²) in [6.45, 7) is 5.84. The monoisotopic (exact) mass is 367 g/mol. The molecule has 7 heteroatoms. The highest BCUT2D eigenvalue weighted by molar-refractivity contribution is 6.31. The van der Waals surface area contributed by atoms with Gasteiger partial charge in [0.2, 0.25) is 0 Å². The summed E-state index contributed by atoms with van der Waals surface area (Å²) in [6.07, 6.45) is 1.45. The zero-order chi connectivity index (χ0) is 18.4. The molecular weight excluding hydrogens is 346 g/mol. The van der Waals surface area contributed by atoms with Crippen LogP contribution in [0.25, 0.3) is 0 Å². The van der Waals surface area contributed by atoms with E-state index in [0.717, 1.165) is 11.1 Å². The van der Waals surface area contributed by atoms with Crippen LogP contribution in [0.15, 0.2) is 35.3 Å². The van der Waals surface area contributed by atoms with Crippen molar-refractivity contribution in [1.29, 1.82) is 0 Å². The Kier molecular flexibility index (Phi) is 6.56. The standard InChI is InChI=1S/C18H22ClFN2O3/c1-18(2,3)22-17(23)16(19)15(10-21-22)25-12-14-6-4-13(5-7-14)11-24-9-8-20/h4-7,10H,8-9,11-12H2,1-3H3/i20-1. The first-order valence-corrected chi connectivity index (χ1v) is 8.33. The highest BCUT2D eigenvalue weighted by Crippen LogP contribution is 2.21. The molecule has 5 nitrogen and oxygen atoms in total. The van der Waals surface area contributed by atoms with Gasteiger partial charge in [-0.05, 0) is 31.9 Å². The van der Waals surface area contributed by atoms with Crippen molar-refractivity contribution in [2.24, 2.45) is 0 Å². The normalized spacial score (nSPS) is 11.6. The van der Waals surface area contributed by atoms with E-state index < -0.39 is 12.2 Å². The number of ether oxygens (including phenoxy) is 2. The Hall–Kier alpha value is -1.92. The van der Waals surface area contributed by atoms with Crippen LogP contribution in [0.3, 0.4) is 0 Å². The molecule has 1 aromatic carbocycles. The molecule has 0 aliphatic rings. The van der Waals surface area contributed by atoms with Gasteiger partial charge in [0.1, 0.15) is 13.3 Å². The molecule has 0 amide bonds. The first kappa shape index (κ1) is 19.4. The predicted molar refractivity (Wildman–Crippen MR) is 94.9 cm³/mol. The molecule has 0 saturated carbocycles. The molecule has 0 aliphatic heterocycles. The van der Waals surface area contributed by atoms with Crippen LogP contribution in [0.1, 0.15) is 31.9 Å². The lowest BCUT2D eigenvalue weighted by Gasteiger charge is -2.21. The number of hydrogen-bond donors (Lipinski definition) is 0. The second-order valence-corrected chi connectivity index (χ2v) is 6.94. The maximum Gasteiger partial charge on any atom is 0.289 e. The van der Waals surface area contributed by atoms with Crippen LogP contribution in [-0.4, -0.2) is 23.1 Å². The second kappa shape index (κ2) is 8.45. The second-order valence-electron chi connectivity index (χ2n) is 6.56. The van der Waals surface area contributed by atoms with Gasteiger partial charge in [0.15, 0.2) is 10.8 Å². The number of rotatable bonds is 7. The molecule has 1 heterocycles. The number of halogens is 2. The molecule has 0 aliphatic carbocycles. The predicted octanol–water partition coefficient (Wildman–Crippen LogP) is 3.72. The maximum atomic E-state index is 12.3. The van der Waals surface area contributed by atoms with E-state index in [4.69, 9.17) is 21.1 Å². The Morgan fingerprint density at radius 1 is 1.16 bits per heavy atom. The van der Waals surface area contributed by atoms with E-state index in [9.17, 15) is 9.18 Å². The summed E-state index contributed by atoms with van der Waals surface area (Å²) >= 11 is 6.12. The quantitative estimate of drug-likeness (QED) is 0.700. The zero-order valence-corrected chi connectivity index (χ0v) is 15.3. The molecule has 0 spiro atoms. The molecule has 0 atom stereocenters. The average molecular weight is 368 g/mol. The number of alkyl halides is 1. The number of hydrogen-bond acceptors (Lipinski definition) is 4. The maximum absolute atomic E-state index is 12.3. The topological polar surface area (TPSA) is 53.4 Å². The van der Waals surface area contributed by atoms with Gasteiger partial charge in [-0.15, -0.1) is 0 Å². The third-order valence-electron chi connectivity index (χ3n) is 3.43. The third-order valence-corrected chi connectivity index (χ3v) is 3.78. The summed E-state index contributed by atoms with van der Waals surface area (Å²) < 4.78 is 24.1. The van der Waals surface area contributed by atoms with E-state index in [-0.39, 0.29) is 29.5 Å². The van der Waals surface area contributed by atoms with E-state index >= 15 is 0 Å². The van der Waals surface area contributed by atoms with E-state index in [1.165, 1.54) is 10.9 Å². The molecule has 0 radical (unpaired) electrons. The molecule has 0 saturated heterocycles. The SMILES string of the molecule is CC(C)(C)n1ncc(OCc2ccc(COCC[18F])cc2)c(Cl)c1=O. The number of benzene rings is 1. The van der Waals surface area contributed by atoms with Crippen LogP contribution < -0.4 is 10.3 Å². The van der Waals surface area contributed by atoms with Crippen LogP contribution in [0.2, 0.25) is 5.02 Å². The van der Waals surface area contributed by atoms with Crippen molar-refractivity contribution in [2.45, 2.75) is 39.5 Å². The van der Waals surface area contributed by atoms with Gasteiger partial charge in [-0.25, -0.2) is 9.07 Å². The molecular formula is C18H22ClFN2O3. The van der Waals surface area contributed by atoms with Crippen molar-refractivity contribution in [3.63, 3.8) is 0 Å². The minimum Gasteiger partial charge on any atom is -0.485 e. The van der Waals surface area contributed by atoms with Crippen LogP contribution in [-0.2, 0) is 23.5 Å². The molecule has 0 N–H and O–H groups in total. The molecule has 2 aromatic rings. The lowest BCUT2D eigenvalue weighted by Crippen LogP contribution is -2.36. The molecule has 0 unspecified atom stereocenters. The largest absolute Gasteiger partial charge is 0.485 e. The van der Waals surface area contributed by atoms with E-state index in [1.54, 1.807) is 0 Å². The van der Waals surface area contributed by atoms with Crippen molar-refractivity contribution < 1.29 is 13.9 Å². The highest BCUT2D eigenvalue weighted by atomic mass is 35.5. The smallest absolute Gasteiger partial charge is 0.289 e. The Morgan fingerprint density at radius 3 is 2.32 bits per heavy atom. The zero-order valence-electron chi connectivity index (χ0n) is 14.6. The van der Waals surface area contributed by atoms with E-state index in [1.807, 2.05) is 45.0 Å². The third kappa shape index (κ3) is 5.28. The lowest BCUT2D eigenvalue weighted by molar-refractivity contribution is 0.106. The Bertz CT molecular complexity index is 754. The Morgan fingerprint density at radius 2 is 1.76 bits per heavy atom. The summed E-state index contributed by atoms with van der Waals surface area (Å²) in [5.74, 6) is 0.252. The minimum absolute atomic E-state index is 0.0150. The molecule has 25 heavy (non-hydrogen) atoms. The minimum atomic E-state index is -0.491. The summed E-state index contributed by atoms with van der Waals surface area (Å²) in [7, 11) is 0. The van der Waals surface area contributed by atoms with Gasteiger partial charge in [0, 0.05) is 0 Å². The Balaban J connectivity index is 2.02. The van der Waals surface area contributed by atoms with Crippen molar-refractivity contribution in [2.75, 3.05) is 13.3 Å². The summed E-state index contributed by atoms with van der Waals surface area (Å²) in [5, 5.41) is 4.14. The fourth-order valence-corrected chi connectivity index (χ4v) is 2.32. The van der Waals surface area contributed by atoms with Gasteiger partial charge < -0.3 is 9.47 Å². The van der Waals surface area contributed by atoms with Crippen LogP contribution in [0.4, 0.5) is 4.39 Å². The number of nitrogens with zero attached hydrogens (tertiary/aromatic N) is 2. The molecule has 0 bridgehead atoms. The lowest BCUT2D eigenvalue weighted by atomic mass is 10.1. The molecule has 136 valence electrons. The van der Waals surface area contributed by atoms with Gasteiger partial charge in [0.25, 0.3) is 5.56 Å². The van der Waals surface area contributed by atoms with Gasteiger partial charge in [0.05, 0.1) is 24.9 Å². The van der Waals surface area contributed by atoms with Crippen molar-refractivity contribution in [1.82, 2.24) is 9.78 Å². The highest BCUT2D eigenvalue weighted by Gasteiger charge is 2.19. The van der Waals surface area contributed by atoms with Gasteiger partial charge >= 0.3 is 0 Å². The van der Waals surface area contributed by atoms with Crippen LogP contribution in [0.5, 0.6) is 5.75 Å². The first-order valence-electron chi connectivity index (χ1n) is 7.95. The fraction of sp³-hybridized carbons (Fsp3) is 0.444. The first-order chi connectivity index (χ1) is 11.8. The van der Waals surface area contributed by atoms with E-state index in [0.29, 0.717) is 6.61 Å². The molecule has 2 rings (SSSR count). The summed E-state index contributed by atoms with van der Waals surface area (Å²) in [6, 6.07) is 7.53. The molecule has 1 aromatic heterocycles. The van der Waals surface area contributed by atoms with E-state index in [2.05, 4.69) is 5.10 Å². The summed E-state index contributed by atoms with van der Waals surface area (Å²) in [4.78, 5) is 12.3. The Labute approximate surface area is 151 Å². The van der Waals surface area contributed by atoms with Crippen LogP contribution >= 0.6 is 11.6 Å². The average Bonchev–Trinajstić information content (AvgIpc) is 2.56. The van der Waals surface area contributed by atoms with Gasteiger partial charge in [-0.1, -0.05) is 35.9 Å². The van der Waals surface area contributed by atoms with Gasteiger partial charge in [-0.2, -0.15) is 5.10 Å². The van der Waals surface area contributed by atoms with Gasteiger partial charge in [-0.3, -0.25) is 4.79 Å². The van der Waals surface area contributed by atoms with Crippen molar-refractivity contribution >= 4 is 11.6 Å². The fourth-order valence-electron chi connectivity index (χ4n) is 2.13. The van der Waals surface area contributed by atoms with Crippen LogP contribution in [0, 0.1) is 0 Å². The van der Waals surface area contributed by atoms with Crippen molar-refractivity contribution in [3.05, 3.63) is 57.0 Å². The summed E-state index contributed by atoms with van der Waals surface area (Å²) in [5.41, 5.74) is 1.02. The number of aromatic nitrogens is 2. The van der Waals surface area contributed by atoms with Crippen molar-refractivity contribution in [3.8, 4) is 5.75 Å². The molecule has 0 fully saturated rings.